The molecule has 2 heteroatoms. The van der Waals surface area contributed by atoms with Gasteiger partial charge in [0.15, 0.2) is 0 Å². The topological polar surface area (TPSA) is 40.5 Å². The van der Waals surface area contributed by atoms with Crippen LogP contribution >= 0.6 is 0 Å². The first-order valence-electron chi connectivity index (χ1n) is 18.0. The van der Waals surface area contributed by atoms with Gasteiger partial charge in [-0.1, -0.05) is 138 Å². The predicted molar refractivity (Wildman–Crippen MR) is 189 cm³/mol. The van der Waals surface area contributed by atoms with Crippen LogP contribution in [0.15, 0.2) is 24.3 Å². The van der Waals surface area contributed by atoms with Crippen molar-refractivity contribution in [3.05, 3.63) is 57.6 Å². The van der Waals surface area contributed by atoms with Crippen molar-refractivity contribution in [2.75, 3.05) is 0 Å². The molecule has 0 saturated heterocycles. The molecule has 0 aromatic heterocycles. The van der Waals surface area contributed by atoms with Gasteiger partial charge in [-0.3, -0.25) is 0 Å². The van der Waals surface area contributed by atoms with Gasteiger partial charge in [0.25, 0.3) is 0 Å². The van der Waals surface area contributed by atoms with Crippen LogP contribution in [0.3, 0.4) is 0 Å². The molecular formula is C41H68O2. The highest BCUT2D eigenvalue weighted by atomic mass is 16.3. The normalized spacial score (nSPS) is 13.8. The van der Waals surface area contributed by atoms with Crippen LogP contribution < -0.4 is 0 Å². The maximum Gasteiger partial charge on any atom is 0.122 e. The molecule has 2 nitrogen and oxygen atoms in total. The Labute approximate surface area is 267 Å². The van der Waals surface area contributed by atoms with Crippen LogP contribution in [0.2, 0.25) is 0 Å². The smallest absolute Gasteiger partial charge is 0.122 e. The van der Waals surface area contributed by atoms with Crippen LogP contribution in [0.5, 0.6) is 11.5 Å². The predicted octanol–water partition coefficient (Wildman–Crippen LogP) is 12.8. The molecule has 0 heterocycles. The van der Waals surface area contributed by atoms with Crippen molar-refractivity contribution in [3.63, 3.8) is 0 Å². The average Bonchev–Trinajstić information content (AvgIpc) is 2.99. The third-order valence-corrected chi connectivity index (χ3v) is 10.8. The summed E-state index contributed by atoms with van der Waals surface area (Å²) in [5.74, 6) is 1.85. The number of hydrogen-bond acceptors (Lipinski definition) is 2. The van der Waals surface area contributed by atoms with Crippen molar-refractivity contribution in [2.24, 2.45) is 0 Å². The molecule has 0 aliphatic heterocycles. The minimum atomic E-state index is -0.00214. The summed E-state index contributed by atoms with van der Waals surface area (Å²) >= 11 is 0. The lowest BCUT2D eigenvalue weighted by atomic mass is 9.78. The van der Waals surface area contributed by atoms with Gasteiger partial charge in [-0.15, -0.1) is 0 Å². The molecule has 2 rings (SSSR count). The fraction of sp³-hybridized carbons (Fsp3) is 0.707. The van der Waals surface area contributed by atoms with E-state index in [0.717, 1.165) is 60.8 Å². The van der Waals surface area contributed by atoms with E-state index in [1.54, 1.807) is 0 Å². The molecule has 0 radical (unpaired) electrons. The zero-order chi connectivity index (χ0) is 32.2. The summed E-state index contributed by atoms with van der Waals surface area (Å²) in [5, 5.41) is 22.2. The average molecular weight is 593 g/mol. The number of aryl methyl sites for hydroxylation is 2. The summed E-state index contributed by atoms with van der Waals surface area (Å²) in [6.45, 7) is 22.4. The molecule has 43 heavy (non-hydrogen) atoms. The van der Waals surface area contributed by atoms with Crippen molar-refractivity contribution in [3.8, 4) is 11.5 Å². The second kappa shape index (κ2) is 17.5. The van der Waals surface area contributed by atoms with E-state index < -0.39 is 0 Å². The lowest BCUT2D eigenvalue weighted by molar-refractivity contribution is 0.418. The molecule has 0 amide bonds. The Kier molecular flexibility index (Phi) is 15.2. The first-order chi connectivity index (χ1) is 20.3. The Morgan fingerprint density at radius 2 is 0.814 bits per heavy atom. The molecule has 2 atom stereocenters. The first kappa shape index (κ1) is 37.2. The molecular weight excluding hydrogens is 524 g/mol. The van der Waals surface area contributed by atoms with E-state index in [4.69, 9.17) is 0 Å². The highest BCUT2D eigenvalue weighted by Crippen LogP contribution is 2.42. The number of phenolic OH excluding ortho intramolecular Hbond substituents is 2. The maximum absolute atomic E-state index is 11.1. The van der Waals surface area contributed by atoms with Gasteiger partial charge >= 0.3 is 0 Å². The SMILES string of the molecule is CCC(C)c1cc(CCCCCCCCCCCc2cc(C(C)CC)c(O)c(C(C)(C)CC)c2)cc(C(C)(C)CC)c1O. The number of rotatable bonds is 20. The second-order valence-corrected chi connectivity index (χ2v) is 14.9. The molecule has 2 N–H and O–H groups in total. The lowest BCUT2D eigenvalue weighted by Gasteiger charge is -2.27. The first-order valence-corrected chi connectivity index (χ1v) is 18.0. The Bertz CT molecular complexity index is 1020. The number of aromatic hydroxyl groups is 2. The highest BCUT2D eigenvalue weighted by molar-refractivity contribution is 5.50. The van der Waals surface area contributed by atoms with E-state index in [1.165, 1.54) is 68.9 Å². The molecule has 0 bridgehead atoms. The Hall–Kier alpha value is -1.96. The van der Waals surface area contributed by atoms with Crippen LogP contribution in [0.25, 0.3) is 0 Å². The lowest BCUT2D eigenvalue weighted by Crippen LogP contribution is -2.17. The van der Waals surface area contributed by atoms with Gasteiger partial charge in [0, 0.05) is 11.1 Å². The van der Waals surface area contributed by atoms with Crippen molar-refractivity contribution in [1.82, 2.24) is 0 Å². The summed E-state index contributed by atoms with van der Waals surface area (Å²) < 4.78 is 0. The Morgan fingerprint density at radius 3 is 1.09 bits per heavy atom. The van der Waals surface area contributed by atoms with Crippen molar-refractivity contribution >= 4 is 0 Å². The molecule has 0 saturated carbocycles. The van der Waals surface area contributed by atoms with Gasteiger partial charge in [-0.2, -0.15) is 0 Å². The third kappa shape index (κ3) is 10.6. The molecule has 0 aliphatic carbocycles. The highest BCUT2D eigenvalue weighted by Gasteiger charge is 2.26. The summed E-state index contributed by atoms with van der Waals surface area (Å²) in [6.07, 6.45) is 18.1. The quantitative estimate of drug-likeness (QED) is 0.150. The van der Waals surface area contributed by atoms with Gasteiger partial charge in [0.05, 0.1) is 0 Å². The molecule has 2 aromatic carbocycles. The summed E-state index contributed by atoms with van der Waals surface area (Å²) in [6, 6.07) is 9.15. The third-order valence-electron chi connectivity index (χ3n) is 10.8. The Morgan fingerprint density at radius 1 is 0.512 bits per heavy atom. The van der Waals surface area contributed by atoms with E-state index in [1.807, 2.05) is 0 Å². The van der Waals surface area contributed by atoms with Gasteiger partial charge in [0.1, 0.15) is 11.5 Å². The van der Waals surface area contributed by atoms with Crippen LogP contribution in [-0.2, 0) is 23.7 Å². The van der Waals surface area contributed by atoms with Gasteiger partial charge in [-0.25, -0.2) is 0 Å². The van der Waals surface area contributed by atoms with Crippen LogP contribution in [0, 0.1) is 0 Å². The number of benzene rings is 2. The molecule has 244 valence electrons. The molecule has 2 aromatic rings. The largest absolute Gasteiger partial charge is 0.507 e. The van der Waals surface area contributed by atoms with Crippen LogP contribution in [0.4, 0.5) is 0 Å². The zero-order valence-electron chi connectivity index (χ0n) is 30.0. The van der Waals surface area contributed by atoms with Gasteiger partial charge in [-0.05, 0) is 96.3 Å². The van der Waals surface area contributed by atoms with Crippen molar-refractivity contribution in [2.45, 2.75) is 188 Å². The minimum Gasteiger partial charge on any atom is -0.507 e. The van der Waals surface area contributed by atoms with E-state index in [0.29, 0.717) is 23.3 Å². The number of phenols is 2. The van der Waals surface area contributed by atoms with E-state index in [-0.39, 0.29) is 10.8 Å². The van der Waals surface area contributed by atoms with E-state index >= 15 is 0 Å². The maximum atomic E-state index is 11.1. The Balaban J connectivity index is 1.76. The second-order valence-electron chi connectivity index (χ2n) is 14.9. The van der Waals surface area contributed by atoms with Crippen molar-refractivity contribution in [1.29, 1.82) is 0 Å². The van der Waals surface area contributed by atoms with E-state index in [9.17, 15) is 10.2 Å². The fourth-order valence-electron chi connectivity index (χ4n) is 6.23. The molecule has 0 aliphatic rings. The summed E-state index contributed by atoms with van der Waals surface area (Å²) in [7, 11) is 0. The molecule has 0 fully saturated rings. The number of hydrogen-bond donors (Lipinski definition) is 2. The summed E-state index contributed by atoms with van der Waals surface area (Å²) in [5.41, 5.74) is 7.35. The summed E-state index contributed by atoms with van der Waals surface area (Å²) in [4.78, 5) is 0. The van der Waals surface area contributed by atoms with Crippen LogP contribution in [0.1, 0.15) is 198 Å². The van der Waals surface area contributed by atoms with Crippen LogP contribution in [-0.4, -0.2) is 10.2 Å². The standard InChI is InChI=1S/C41H68O2/c1-11-30(5)34-26-32(28-36(38(34)42)40(7,8)13-3)24-22-20-18-16-15-17-19-21-23-25-33-27-35(31(6)12-2)39(43)37(29-33)41(9,10)14-4/h26-31,42-43H,11-25H2,1-10H3. The van der Waals surface area contributed by atoms with Gasteiger partial charge in [0.2, 0.25) is 0 Å². The van der Waals surface area contributed by atoms with Gasteiger partial charge < -0.3 is 10.2 Å². The van der Waals surface area contributed by atoms with Crippen molar-refractivity contribution < 1.29 is 10.2 Å². The zero-order valence-corrected chi connectivity index (χ0v) is 30.0. The molecule has 2 unspecified atom stereocenters. The van der Waals surface area contributed by atoms with E-state index in [2.05, 4.69) is 93.5 Å². The molecule has 0 spiro atoms. The minimum absolute atomic E-state index is 0.00214. The number of unbranched alkanes of at least 4 members (excludes halogenated alkanes) is 8. The fourth-order valence-corrected chi connectivity index (χ4v) is 6.23. The monoisotopic (exact) mass is 593 g/mol.